The summed E-state index contributed by atoms with van der Waals surface area (Å²) in [6.07, 6.45) is 12.2. The lowest BCUT2D eigenvalue weighted by molar-refractivity contribution is 0.104. The Bertz CT molecular complexity index is 1040. The number of rotatable bonds is 5. The van der Waals surface area contributed by atoms with Crippen LogP contribution in [0.2, 0.25) is 0 Å². The van der Waals surface area contributed by atoms with Crippen molar-refractivity contribution >= 4 is 12.1 Å². The molecule has 1 unspecified atom stereocenters. The summed E-state index contributed by atoms with van der Waals surface area (Å²) in [7, 11) is 0. The molecule has 0 radical (unpaired) electrons. The molecule has 3 aromatic rings. The summed E-state index contributed by atoms with van der Waals surface area (Å²) < 4.78 is 0. The number of carbonyl (C=O) groups is 2. The van der Waals surface area contributed by atoms with Crippen LogP contribution in [0.4, 0.5) is 0 Å². The standard InChI is InChI=1S/C23H19N3O2/c27-14-19-4-2-6-22(26-19)23(28)10-8-16-7-9-17-3-1-5-20(21(17)11-16)18-12-24-15-25-13-18/h1-6,8,10,12-16H,7,9,11H2/b10-8-. The van der Waals surface area contributed by atoms with Crippen molar-refractivity contribution in [3.8, 4) is 11.1 Å². The van der Waals surface area contributed by atoms with Gasteiger partial charge in [0.2, 0.25) is 5.78 Å². The maximum Gasteiger partial charge on any atom is 0.203 e. The molecule has 2 heterocycles. The highest BCUT2D eigenvalue weighted by atomic mass is 16.1. The average molecular weight is 369 g/mol. The molecule has 0 saturated carbocycles. The Morgan fingerprint density at radius 1 is 1.07 bits per heavy atom. The van der Waals surface area contributed by atoms with Crippen LogP contribution in [-0.4, -0.2) is 27.0 Å². The molecule has 138 valence electrons. The van der Waals surface area contributed by atoms with Crippen molar-refractivity contribution in [2.75, 3.05) is 0 Å². The quantitative estimate of drug-likeness (QED) is 0.387. The highest BCUT2D eigenvalue weighted by Crippen LogP contribution is 2.33. The van der Waals surface area contributed by atoms with Crippen LogP contribution in [0.25, 0.3) is 11.1 Å². The molecule has 1 atom stereocenters. The lowest BCUT2D eigenvalue weighted by Gasteiger charge is -2.24. The molecule has 0 aliphatic heterocycles. The van der Waals surface area contributed by atoms with Gasteiger partial charge in [0.25, 0.3) is 0 Å². The molecule has 0 spiro atoms. The van der Waals surface area contributed by atoms with E-state index in [1.807, 2.05) is 18.5 Å². The van der Waals surface area contributed by atoms with Crippen molar-refractivity contribution < 1.29 is 9.59 Å². The van der Waals surface area contributed by atoms with Gasteiger partial charge in [0.05, 0.1) is 0 Å². The number of aromatic nitrogens is 3. The second-order valence-corrected chi connectivity index (χ2v) is 6.86. The Morgan fingerprint density at radius 3 is 2.71 bits per heavy atom. The van der Waals surface area contributed by atoms with Gasteiger partial charge in [0, 0.05) is 18.0 Å². The number of fused-ring (bicyclic) bond motifs is 1. The molecule has 5 heteroatoms. The molecule has 1 aromatic carbocycles. The van der Waals surface area contributed by atoms with Gasteiger partial charge in [0.15, 0.2) is 6.29 Å². The molecular weight excluding hydrogens is 350 g/mol. The maximum absolute atomic E-state index is 12.4. The minimum Gasteiger partial charge on any atom is -0.296 e. The predicted molar refractivity (Wildman–Crippen MR) is 106 cm³/mol. The maximum atomic E-state index is 12.4. The third-order valence-corrected chi connectivity index (χ3v) is 5.06. The molecule has 5 nitrogen and oxygen atoms in total. The molecular formula is C23H19N3O2. The fraction of sp³-hybridized carbons (Fsp3) is 0.174. The van der Waals surface area contributed by atoms with E-state index in [0.717, 1.165) is 30.4 Å². The summed E-state index contributed by atoms with van der Waals surface area (Å²) in [4.78, 5) is 35.6. The summed E-state index contributed by atoms with van der Waals surface area (Å²) in [5.41, 5.74) is 5.36. The van der Waals surface area contributed by atoms with Crippen molar-refractivity contribution in [1.29, 1.82) is 0 Å². The summed E-state index contributed by atoms with van der Waals surface area (Å²) in [6.45, 7) is 0. The molecule has 4 rings (SSSR count). The Balaban J connectivity index is 1.55. The van der Waals surface area contributed by atoms with Crippen LogP contribution in [0.15, 0.2) is 67.3 Å². The van der Waals surface area contributed by atoms with E-state index in [1.54, 1.807) is 24.3 Å². The number of aryl methyl sites for hydroxylation is 1. The summed E-state index contributed by atoms with van der Waals surface area (Å²) >= 11 is 0. The van der Waals surface area contributed by atoms with E-state index in [1.165, 1.54) is 17.5 Å². The van der Waals surface area contributed by atoms with Gasteiger partial charge in [-0.3, -0.25) is 9.59 Å². The largest absolute Gasteiger partial charge is 0.296 e. The topological polar surface area (TPSA) is 72.8 Å². The van der Waals surface area contributed by atoms with Gasteiger partial charge in [0.1, 0.15) is 17.7 Å². The van der Waals surface area contributed by atoms with E-state index in [0.29, 0.717) is 12.0 Å². The normalized spacial score (nSPS) is 15.9. The third kappa shape index (κ3) is 3.78. The minimum atomic E-state index is -0.181. The molecule has 0 saturated heterocycles. The van der Waals surface area contributed by atoms with Crippen LogP contribution in [0, 0.1) is 5.92 Å². The van der Waals surface area contributed by atoms with Crippen molar-refractivity contribution in [3.63, 3.8) is 0 Å². The van der Waals surface area contributed by atoms with Gasteiger partial charge in [-0.1, -0.05) is 30.3 Å². The number of hydrogen-bond donors (Lipinski definition) is 0. The summed E-state index contributed by atoms with van der Waals surface area (Å²) in [5, 5.41) is 0. The van der Waals surface area contributed by atoms with Crippen LogP contribution >= 0.6 is 0 Å². The summed E-state index contributed by atoms with van der Waals surface area (Å²) in [5.74, 6) is 0.0933. The fourth-order valence-electron chi connectivity index (χ4n) is 3.65. The zero-order chi connectivity index (χ0) is 19.3. The first-order chi connectivity index (χ1) is 13.7. The van der Waals surface area contributed by atoms with Crippen molar-refractivity contribution in [1.82, 2.24) is 15.0 Å². The highest BCUT2D eigenvalue weighted by molar-refractivity contribution is 6.03. The molecule has 28 heavy (non-hydrogen) atoms. The van der Waals surface area contributed by atoms with Crippen molar-refractivity contribution in [2.24, 2.45) is 5.92 Å². The number of benzene rings is 1. The zero-order valence-corrected chi connectivity index (χ0v) is 15.3. The van der Waals surface area contributed by atoms with E-state index >= 15 is 0 Å². The van der Waals surface area contributed by atoms with E-state index in [4.69, 9.17) is 0 Å². The minimum absolute atomic E-state index is 0.181. The monoisotopic (exact) mass is 369 g/mol. The van der Waals surface area contributed by atoms with E-state index in [9.17, 15) is 9.59 Å². The molecule has 0 fully saturated rings. The van der Waals surface area contributed by atoms with Crippen LogP contribution in [0.1, 0.15) is 38.5 Å². The first-order valence-corrected chi connectivity index (χ1v) is 9.25. The predicted octanol–water partition coefficient (Wildman–Crippen LogP) is 3.90. The number of aldehydes is 1. The van der Waals surface area contributed by atoms with Gasteiger partial charge in [-0.05, 0) is 60.1 Å². The molecule has 0 bridgehead atoms. The van der Waals surface area contributed by atoms with Crippen molar-refractivity contribution in [2.45, 2.75) is 19.3 Å². The molecule has 2 aromatic heterocycles. The van der Waals surface area contributed by atoms with Gasteiger partial charge < -0.3 is 0 Å². The van der Waals surface area contributed by atoms with E-state index < -0.39 is 0 Å². The molecule has 1 aliphatic carbocycles. The number of nitrogens with zero attached hydrogens (tertiary/aromatic N) is 3. The van der Waals surface area contributed by atoms with Crippen LogP contribution in [0.3, 0.4) is 0 Å². The Kier molecular flexibility index (Phi) is 5.15. The molecule has 0 amide bonds. The summed E-state index contributed by atoms with van der Waals surface area (Å²) in [6, 6.07) is 11.2. The van der Waals surface area contributed by atoms with Gasteiger partial charge in [-0.2, -0.15) is 0 Å². The second kappa shape index (κ2) is 8.05. The third-order valence-electron chi connectivity index (χ3n) is 5.06. The van der Waals surface area contributed by atoms with Crippen molar-refractivity contribution in [3.05, 3.63) is 89.8 Å². The van der Waals surface area contributed by atoms with Gasteiger partial charge >= 0.3 is 0 Å². The second-order valence-electron chi connectivity index (χ2n) is 6.86. The molecule has 1 aliphatic rings. The Labute approximate surface area is 163 Å². The number of ketones is 1. The average Bonchev–Trinajstić information content (AvgIpc) is 2.77. The number of hydrogen-bond acceptors (Lipinski definition) is 5. The zero-order valence-electron chi connectivity index (χ0n) is 15.3. The van der Waals surface area contributed by atoms with Gasteiger partial charge in [-0.25, -0.2) is 15.0 Å². The first-order valence-electron chi connectivity index (χ1n) is 9.25. The number of carbonyl (C=O) groups excluding carboxylic acids is 2. The highest BCUT2D eigenvalue weighted by Gasteiger charge is 2.20. The van der Waals surface area contributed by atoms with E-state index in [-0.39, 0.29) is 17.4 Å². The lowest BCUT2D eigenvalue weighted by Crippen LogP contribution is -2.14. The van der Waals surface area contributed by atoms with Crippen LogP contribution in [0.5, 0.6) is 0 Å². The van der Waals surface area contributed by atoms with Gasteiger partial charge in [-0.15, -0.1) is 0 Å². The number of pyridine rings is 1. The lowest BCUT2D eigenvalue weighted by atomic mass is 9.80. The Morgan fingerprint density at radius 2 is 1.89 bits per heavy atom. The first kappa shape index (κ1) is 17.9. The smallest absolute Gasteiger partial charge is 0.203 e. The van der Waals surface area contributed by atoms with E-state index in [2.05, 4.69) is 33.2 Å². The SMILES string of the molecule is O=Cc1cccc(C(=O)/C=C\C2CCc3cccc(-c4cncnc4)c3C2)n1. The fourth-order valence-corrected chi connectivity index (χ4v) is 3.65. The number of allylic oxidation sites excluding steroid dienone is 2. The Hall–Kier alpha value is -3.47. The molecule has 0 N–H and O–H groups in total. The van der Waals surface area contributed by atoms with Crippen LogP contribution in [-0.2, 0) is 12.8 Å². The van der Waals surface area contributed by atoms with Crippen LogP contribution < -0.4 is 0 Å².